The first-order valence-corrected chi connectivity index (χ1v) is 6.11. The zero-order chi connectivity index (χ0) is 11.4. The standard InChI is InChI=1S/C12H17FOS/c1-8(2)15-7-12(14)11-6-10(13)5-4-9(11)3/h4-6,8,12,14H,7H2,1-3H3. The third-order valence-corrected chi connectivity index (χ3v) is 3.36. The lowest BCUT2D eigenvalue weighted by atomic mass is 10.0. The van der Waals surface area contributed by atoms with Crippen molar-refractivity contribution < 1.29 is 9.50 Å². The highest BCUT2D eigenvalue weighted by Gasteiger charge is 2.12. The lowest BCUT2D eigenvalue weighted by Gasteiger charge is -2.14. The van der Waals surface area contributed by atoms with Crippen LogP contribution in [0.15, 0.2) is 18.2 Å². The fraction of sp³-hybridized carbons (Fsp3) is 0.500. The van der Waals surface area contributed by atoms with E-state index < -0.39 is 6.10 Å². The lowest BCUT2D eigenvalue weighted by Crippen LogP contribution is -2.05. The average molecular weight is 228 g/mol. The molecule has 0 amide bonds. The van der Waals surface area contributed by atoms with Gasteiger partial charge < -0.3 is 5.11 Å². The molecule has 0 spiro atoms. The Morgan fingerprint density at radius 2 is 2.07 bits per heavy atom. The highest BCUT2D eigenvalue weighted by Crippen LogP contribution is 2.24. The minimum absolute atomic E-state index is 0.288. The van der Waals surface area contributed by atoms with Crippen molar-refractivity contribution in [3.05, 3.63) is 35.1 Å². The van der Waals surface area contributed by atoms with Gasteiger partial charge in [0.2, 0.25) is 0 Å². The number of benzene rings is 1. The topological polar surface area (TPSA) is 20.2 Å². The van der Waals surface area contributed by atoms with Gasteiger partial charge in [0, 0.05) is 5.75 Å². The number of aliphatic hydroxyl groups excluding tert-OH is 1. The molecule has 0 aliphatic carbocycles. The van der Waals surface area contributed by atoms with Gasteiger partial charge >= 0.3 is 0 Å². The SMILES string of the molecule is Cc1ccc(F)cc1C(O)CSC(C)C. The maximum absolute atomic E-state index is 13.0. The van der Waals surface area contributed by atoms with E-state index in [2.05, 4.69) is 13.8 Å². The van der Waals surface area contributed by atoms with E-state index >= 15 is 0 Å². The molecule has 0 heterocycles. The maximum Gasteiger partial charge on any atom is 0.123 e. The van der Waals surface area contributed by atoms with Crippen molar-refractivity contribution in [2.75, 3.05) is 5.75 Å². The Labute approximate surface area is 94.7 Å². The summed E-state index contributed by atoms with van der Waals surface area (Å²) in [5.74, 6) is 0.325. The molecule has 1 aromatic carbocycles. The van der Waals surface area contributed by atoms with Crippen molar-refractivity contribution in [1.82, 2.24) is 0 Å². The van der Waals surface area contributed by atoms with Crippen molar-refractivity contribution in [2.45, 2.75) is 32.1 Å². The molecule has 0 fully saturated rings. The smallest absolute Gasteiger partial charge is 0.123 e. The molecule has 1 aromatic rings. The molecule has 0 bridgehead atoms. The number of thioether (sulfide) groups is 1. The second-order valence-corrected chi connectivity index (χ2v) is 5.51. The molecule has 1 unspecified atom stereocenters. The zero-order valence-corrected chi connectivity index (χ0v) is 10.1. The molecule has 0 aliphatic rings. The minimum atomic E-state index is -0.576. The third-order valence-electron chi connectivity index (χ3n) is 2.19. The summed E-state index contributed by atoms with van der Waals surface area (Å²) >= 11 is 1.68. The predicted octanol–water partition coefficient (Wildman–Crippen LogP) is 3.31. The van der Waals surface area contributed by atoms with Crippen LogP contribution < -0.4 is 0 Å². The normalized spacial score (nSPS) is 13.2. The third kappa shape index (κ3) is 3.84. The molecule has 1 N–H and O–H groups in total. The summed E-state index contributed by atoms with van der Waals surface area (Å²) in [5, 5.41) is 10.4. The van der Waals surface area contributed by atoms with Gasteiger partial charge in [-0.15, -0.1) is 0 Å². The first kappa shape index (κ1) is 12.5. The van der Waals surface area contributed by atoms with E-state index in [0.29, 0.717) is 16.6 Å². The second-order valence-electron chi connectivity index (χ2n) is 3.90. The summed E-state index contributed by atoms with van der Waals surface area (Å²) in [6, 6.07) is 4.54. The highest BCUT2D eigenvalue weighted by molar-refractivity contribution is 7.99. The summed E-state index contributed by atoms with van der Waals surface area (Å²) in [7, 11) is 0. The Balaban J connectivity index is 2.72. The maximum atomic E-state index is 13.0. The lowest BCUT2D eigenvalue weighted by molar-refractivity contribution is 0.203. The number of rotatable bonds is 4. The van der Waals surface area contributed by atoms with Crippen molar-refractivity contribution in [1.29, 1.82) is 0 Å². The zero-order valence-electron chi connectivity index (χ0n) is 9.33. The van der Waals surface area contributed by atoms with Crippen molar-refractivity contribution in [3.8, 4) is 0 Å². The molecule has 0 aromatic heterocycles. The molecule has 1 rings (SSSR count). The van der Waals surface area contributed by atoms with Gasteiger partial charge in [-0.1, -0.05) is 19.9 Å². The Bertz CT molecular complexity index is 325. The van der Waals surface area contributed by atoms with Crippen LogP contribution >= 0.6 is 11.8 Å². The van der Waals surface area contributed by atoms with Gasteiger partial charge in [-0.2, -0.15) is 11.8 Å². The number of hydrogen-bond acceptors (Lipinski definition) is 2. The summed E-state index contributed by atoms with van der Waals surface area (Å²) in [4.78, 5) is 0. The van der Waals surface area contributed by atoms with E-state index in [-0.39, 0.29) is 5.82 Å². The first-order valence-electron chi connectivity index (χ1n) is 5.06. The molecule has 1 atom stereocenters. The van der Waals surface area contributed by atoms with E-state index in [1.165, 1.54) is 12.1 Å². The fourth-order valence-electron chi connectivity index (χ4n) is 1.34. The summed E-state index contributed by atoms with van der Waals surface area (Å²) < 4.78 is 13.0. The quantitative estimate of drug-likeness (QED) is 0.853. The predicted molar refractivity (Wildman–Crippen MR) is 63.7 cm³/mol. The Hall–Kier alpha value is -0.540. The van der Waals surface area contributed by atoms with Crippen LogP contribution in [0.4, 0.5) is 4.39 Å². The van der Waals surface area contributed by atoms with Crippen LogP contribution in [-0.4, -0.2) is 16.1 Å². The summed E-state index contributed by atoms with van der Waals surface area (Å²) in [5.41, 5.74) is 1.64. The molecule has 15 heavy (non-hydrogen) atoms. The van der Waals surface area contributed by atoms with E-state index in [1.807, 2.05) is 6.92 Å². The number of aliphatic hydroxyl groups is 1. The van der Waals surface area contributed by atoms with E-state index in [9.17, 15) is 9.50 Å². The van der Waals surface area contributed by atoms with Gasteiger partial charge in [0.1, 0.15) is 5.82 Å². The number of hydrogen-bond donors (Lipinski definition) is 1. The van der Waals surface area contributed by atoms with Crippen molar-refractivity contribution >= 4 is 11.8 Å². The molecule has 0 radical (unpaired) electrons. The Kier molecular flexibility index (Phi) is 4.61. The van der Waals surface area contributed by atoms with Crippen molar-refractivity contribution in [3.63, 3.8) is 0 Å². The highest BCUT2D eigenvalue weighted by atomic mass is 32.2. The van der Waals surface area contributed by atoms with Crippen LogP contribution in [-0.2, 0) is 0 Å². The Morgan fingerprint density at radius 1 is 1.40 bits per heavy atom. The first-order chi connectivity index (χ1) is 7.00. The summed E-state index contributed by atoms with van der Waals surface area (Å²) in [6.07, 6.45) is -0.576. The van der Waals surface area contributed by atoms with Crippen LogP contribution in [0.2, 0.25) is 0 Å². The van der Waals surface area contributed by atoms with Gasteiger partial charge in [0.15, 0.2) is 0 Å². The average Bonchev–Trinajstić information content (AvgIpc) is 2.18. The van der Waals surface area contributed by atoms with E-state index in [1.54, 1.807) is 17.8 Å². The van der Waals surface area contributed by atoms with Crippen molar-refractivity contribution in [2.24, 2.45) is 0 Å². The van der Waals surface area contributed by atoms with Gasteiger partial charge in [0.25, 0.3) is 0 Å². The van der Waals surface area contributed by atoms with Crippen LogP contribution in [0.5, 0.6) is 0 Å². The molecule has 1 nitrogen and oxygen atoms in total. The molecule has 0 saturated carbocycles. The van der Waals surface area contributed by atoms with E-state index in [4.69, 9.17) is 0 Å². The largest absolute Gasteiger partial charge is 0.388 e. The van der Waals surface area contributed by atoms with Crippen LogP contribution in [0.25, 0.3) is 0 Å². The molecular weight excluding hydrogens is 211 g/mol. The van der Waals surface area contributed by atoms with Crippen LogP contribution in [0.1, 0.15) is 31.1 Å². The van der Waals surface area contributed by atoms with Gasteiger partial charge in [-0.3, -0.25) is 0 Å². The van der Waals surface area contributed by atoms with Gasteiger partial charge in [0.05, 0.1) is 6.10 Å². The minimum Gasteiger partial charge on any atom is -0.388 e. The fourth-order valence-corrected chi connectivity index (χ4v) is 2.09. The van der Waals surface area contributed by atoms with E-state index in [0.717, 1.165) is 5.56 Å². The van der Waals surface area contributed by atoms with Gasteiger partial charge in [-0.05, 0) is 35.4 Å². The molecule has 0 saturated heterocycles. The molecule has 84 valence electrons. The second kappa shape index (κ2) is 5.52. The number of aryl methyl sites for hydroxylation is 1. The van der Waals surface area contributed by atoms with Crippen LogP contribution in [0, 0.1) is 12.7 Å². The molecule has 0 aliphatic heterocycles. The molecular formula is C12H17FOS. The monoisotopic (exact) mass is 228 g/mol. The summed E-state index contributed by atoms with van der Waals surface area (Å²) in [6.45, 7) is 6.05. The van der Waals surface area contributed by atoms with Crippen LogP contribution in [0.3, 0.4) is 0 Å². The van der Waals surface area contributed by atoms with Gasteiger partial charge in [-0.25, -0.2) is 4.39 Å². The number of halogens is 1. The Morgan fingerprint density at radius 3 is 2.67 bits per heavy atom. The molecule has 3 heteroatoms.